The molecule has 0 bridgehead atoms. The second-order valence-electron chi connectivity index (χ2n) is 6.06. The smallest absolute Gasteiger partial charge is 0.162 e. The molecule has 1 aliphatic rings. The Bertz CT molecular complexity index is 587. The van der Waals surface area contributed by atoms with Crippen molar-refractivity contribution in [2.24, 2.45) is 0 Å². The van der Waals surface area contributed by atoms with E-state index in [-0.39, 0.29) is 5.54 Å². The van der Waals surface area contributed by atoms with Crippen LogP contribution in [0.2, 0.25) is 0 Å². The van der Waals surface area contributed by atoms with Crippen molar-refractivity contribution < 1.29 is 4.42 Å². The Balaban J connectivity index is 1.68. The van der Waals surface area contributed by atoms with Gasteiger partial charge in [0.25, 0.3) is 0 Å². The van der Waals surface area contributed by atoms with E-state index in [4.69, 9.17) is 4.42 Å². The molecule has 3 heterocycles. The zero-order valence-electron chi connectivity index (χ0n) is 12.3. The molecule has 2 aromatic rings. The Morgan fingerprint density at radius 2 is 2.30 bits per heavy atom. The van der Waals surface area contributed by atoms with Crippen LogP contribution in [0.4, 0.5) is 0 Å². The normalized spacial score (nSPS) is 19.4. The minimum Gasteiger partial charge on any atom is -0.459 e. The van der Waals surface area contributed by atoms with E-state index in [1.54, 1.807) is 11.3 Å². The lowest BCUT2D eigenvalue weighted by atomic mass is 10.0. The average Bonchev–Trinajstić information content (AvgIpc) is 2.97. The van der Waals surface area contributed by atoms with E-state index in [0.29, 0.717) is 0 Å². The average molecular weight is 291 g/mol. The Morgan fingerprint density at radius 3 is 3.00 bits per heavy atom. The standard InChI is InChI=1S/C15H21N3OS/c1-11-4-5-13(19-11)14-16-8-12(20-14)9-18-7-6-17-15(2,3)10-18/h4-5,8,17H,6-7,9-10H2,1-3H3. The van der Waals surface area contributed by atoms with E-state index in [1.165, 1.54) is 4.88 Å². The molecule has 2 aromatic heterocycles. The van der Waals surface area contributed by atoms with Gasteiger partial charge in [0.05, 0.1) is 0 Å². The molecule has 0 aromatic carbocycles. The van der Waals surface area contributed by atoms with Crippen molar-refractivity contribution in [3.05, 3.63) is 29.0 Å². The fourth-order valence-corrected chi connectivity index (χ4v) is 3.56. The van der Waals surface area contributed by atoms with Crippen molar-refractivity contribution in [1.29, 1.82) is 0 Å². The molecule has 108 valence electrons. The molecule has 0 aliphatic carbocycles. The molecule has 0 atom stereocenters. The Morgan fingerprint density at radius 1 is 1.45 bits per heavy atom. The maximum Gasteiger partial charge on any atom is 0.162 e. The van der Waals surface area contributed by atoms with Gasteiger partial charge in [0.2, 0.25) is 0 Å². The van der Waals surface area contributed by atoms with Crippen LogP contribution in [-0.4, -0.2) is 35.1 Å². The van der Waals surface area contributed by atoms with Crippen molar-refractivity contribution in [3.63, 3.8) is 0 Å². The number of rotatable bonds is 3. The van der Waals surface area contributed by atoms with Gasteiger partial charge in [-0.05, 0) is 32.9 Å². The second-order valence-corrected chi connectivity index (χ2v) is 7.18. The maximum atomic E-state index is 5.63. The fraction of sp³-hybridized carbons (Fsp3) is 0.533. The van der Waals surface area contributed by atoms with Crippen molar-refractivity contribution in [1.82, 2.24) is 15.2 Å². The highest BCUT2D eigenvalue weighted by Crippen LogP contribution is 2.27. The molecule has 0 saturated carbocycles. The zero-order chi connectivity index (χ0) is 14.2. The van der Waals surface area contributed by atoms with Gasteiger partial charge < -0.3 is 9.73 Å². The molecular formula is C15H21N3OS. The molecular weight excluding hydrogens is 270 g/mol. The predicted octanol–water partition coefficient (Wildman–Crippen LogP) is 2.90. The molecule has 0 amide bonds. The monoisotopic (exact) mass is 291 g/mol. The first-order valence-electron chi connectivity index (χ1n) is 7.01. The summed E-state index contributed by atoms with van der Waals surface area (Å²) in [4.78, 5) is 8.27. The van der Waals surface area contributed by atoms with E-state index in [9.17, 15) is 0 Å². The van der Waals surface area contributed by atoms with Crippen LogP contribution in [0.3, 0.4) is 0 Å². The van der Waals surface area contributed by atoms with Crippen LogP contribution in [-0.2, 0) is 6.54 Å². The Hall–Kier alpha value is -1.17. The third kappa shape index (κ3) is 3.11. The molecule has 5 heteroatoms. The molecule has 4 nitrogen and oxygen atoms in total. The summed E-state index contributed by atoms with van der Waals surface area (Å²) in [5.74, 6) is 1.81. The Labute approximate surface area is 123 Å². The number of hydrogen-bond acceptors (Lipinski definition) is 5. The molecule has 1 saturated heterocycles. The van der Waals surface area contributed by atoms with Gasteiger partial charge in [-0.1, -0.05) is 0 Å². The second kappa shape index (κ2) is 5.31. The number of aromatic nitrogens is 1. The number of piperazine rings is 1. The summed E-state index contributed by atoms with van der Waals surface area (Å²) in [6, 6.07) is 3.97. The first-order chi connectivity index (χ1) is 9.52. The number of thiazole rings is 1. The highest BCUT2D eigenvalue weighted by Gasteiger charge is 2.25. The van der Waals surface area contributed by atoms with Crippen LogP contribution in [0.15, 0.2) is 22.7 Å². The van der Waals surface area contributed by atoms with Crippen LogP contribution in [0.5, 0.6) is 0 Å². The highest BCUT2D eigenvalue weighted by molar-refractivity contribution is 7.14. The SMILES string of the molecule is Cc1ccc(-c2ncc(CN3CCNC(C)(C)C3)s2)o1. The molecule has 0 spiro atoms. The summed E-state index contributed by atoms with van der Waals surface area (Å²) in [5.41, 5.74) is 0.198. The van der Waals surface area contributed by atoms with Gasteiger partial charge in [-0.25, -0.2) is 4.98 Å². The van der Waals surface area contributed by atoms with Crippen molar-refractivity contribution >= 4 is 11.3 Å². The molecule has 0 radical (unpaired) electrons. The molecule has 20 heavy (non-hydrogen) atoms. The van der Waals surface area contributed by atoms with Crippen molar-refractivity contribution in [2.75, 3.05) is 19.6 Å². The minimum atomic E-state index is 0.198. The van der Waals surface area contributed by atoms with E-state index in [0.717, 1.165) is 42.7 Å². The van der Waals surface area contributed by atoms with Gasteiger partial charge in [-0.15, -0.1) is 11.3 Å². The van der Waals surface area contributed by atoms with Crippen molar-refractivity contribution in [2.45, 2.75) is 32.9 Å². The first kappa shape index (κ1) is 13.8. The zero-order valence-corrected chi connectivity index (χ0v) is 13.1. The quantitative estimate of drug-likeness (QED) is 0.944. The summed E-state index contributed by atoms with van der Waals surface area (Å²) in [7, 11) is 0. The van der Waals surface area contributed by atoms with Crippen LogP contribution in [0.25, 0.3) is 10.8 Å². The van der Waals surface area contributed by atoms with Gasteiger partial charge >= 0.3 is 0 Å². The predicted molar refractivity (Wildman–Crippen MR) is 81.9 cm³/mol. The van der Waals surface area contributed by atoms with Gasteiger partial charge in [-0.3, -0.25) is 4.90 Å². The fourth-order valence-electron chi connectivity index (χ4n) is 2.65. The number of nitrogens with zero attached hydrogens (tertiary/aromatic N) is 2. The summed E-state index contributed by atoms with van der Waals surface area (Å²) in [6.07, 6.45) is 1.98. The largest absolute Gasteiger partial charge is 0.459 e. The minimum absolute atomic E-state index is 0.198. The maximum absolute atomic E-state index is 5.63. The van der Waals surface area contributed by atoms with Crippen LogP contribution < -0.4 is 5.32 Å². The van der Waals surface area contributed by atoms with E-state index < -0.39 is 0 Å². The number of nitrogens with one attached hydrogen (secondary N) is 1. The van der Waals surface area contributed by atoms with Gasteiger partial charge in [0.1, 0.15) is 5.76 Å². The number of hydrogen-bond donors (Lipinski definition) is 1. The van der Waals surface area contributed by atoms with Crippen LogP contribution in [0, 0.1) is 6.92 Å². The summed E-state index contributed by atoms with van der Waals surface area (Å²) < 4.78 is 5.63. The van der Waals surface area contributed by atoms with Crippen LogP contribution in [0.1, 0.15) is 24.5 Å². The van der Waals surface area contributed by atoms with Gasteiger partial charge in [0, 0.05) is 42.8 Å². The van der Waals surface area contributed by atoms with Crippen molar-refractivity contribution in [3.8, 4) is 10.8 Å². The third-order valence-corrected chi connectivity index (χ3v) is 4.53. The number of furan rings is 1. The van der Waals surface area contributed by atoms with Crippen LogP contribution >= 0.6 is 11.3 Å². The van der Waals surface area contributed by atoms with E-state index in [2.05, 4.69) is 29.0 Å². The summed E-state index contributed by atoms with van der Waals surface area (Å²) in [5, 5.41) is 4.51. The Kier molecular flexibility index (Phi) is 3.67. The lowest BCUT2D eigenvalue weighted by Crippen LogP contribution is -2.56. The third-order valence-electron chi connectivity index (χ3n) is 3.53. The summed E-state index contributed by atoms with van der Waals surface area (Å²) >= 11 is 1.73. The molecule has 1 fully saturated rings. The highest BCUT2D eigenvalue weighted by atomic mass is 32.1. The van der Waals surface area contributed by atoms with Gasteiger partial charge in [-0.2, -0.15) is 0 Å². The summed E-state index contributed by atoms with van der Waals surface area (Å²) in [6.45, 7) is 10.7. The molecule has 1 aliphatic heterocycles. The lowest BCUT2D eigenvalue weighted by molar-refractivity contribution is 0.149. The molecule has 3 rings (SSSR count). The van der Waals surface area contributed by atoms with E-state index in [1.807, 2.05) is 25.3 Å². The topological polar surface area (TPSA) is 41.3 Å². The molecule has 1 N–H and O–H groups in total. The van der Waals surface area contributed by atoms with Gasteiger partial charge in [0.15, 0.2) is 10.8 Å². The van der Waals surface area contributed by atoms with E-state index >= 15 is 0 Å². The number of aryl methyl sites for hydroxylation is 1. The lowest BCUT2D eigenvalue weighted by Gasteiger charge is -2.38. The molecule has 0 unspecified atom stereocenters. The first-order valence-corrected chi connectivity index (χ1v) is 7.82.